The number of nitrogens with one attached hydrogen (secondary N) is 4. The van der Waals surface area contributed by atoms with Gasteiger partial charge in [-0.2, -0.15) is 24.9 Å². The second-order valence-electron chi connectivity index (χ2n) is 14.9. The Balaban J connectivity index is 0.00000111. The van der Waals surface area contributed by atoms with Crippen molar-refractivity contribution >= 4 is 58.6 Å². The summed E-state index contributed by atoms with van der Waals surface area (Å²) in [6, 6.07) is 17.2. The number of methoxy groups -OCH3 is 1. The minimum atomic E-state index is -5.08. The molecule has 0 aromatic heterocycles. The second-order valence-corrected chi connectivity index (χ2v) is 16.0. The van der Waals surface area contributed by atoms with Crippen LogP contribution in [-0.4, -0.2) is 115 Å². The van der Waals surface area contributed by atoms with Gasteiger partial charge >= 0.3 is 12.1 Å². The van der Waals surface area contributed by atoms with Crippen LogP contribution in [-0.2, 0) is 29.7 Å². The molecule has 3 aromatic rings. The van der Waals surface area contributed by atoms with Gasteiger partial charge in [-0.25, -0.2) is 4.79 Å². The van der Waals surface area contributed by atoms with E-state index in [1.54, 1.807) is 49.6 Å². The van der Waals surface area contributed by atoms with Crippen LogP contribution in [0.2, 0.25) is 0 Å². The van der Waals surface area contributed by atoms with Crippen molar-refractivity contribution in [2.75, 3.05) is 44.4 Å². The molecule has 62 heavy (non-hydrogen) atoms. The van der Waals surface area contributed by atoms with Crippen LogP contribution in [0, 0.1) is 5.92 Å². The Morgan fingerprint density at radius 3 is 2.19 bits per heavy atom. The maximum absolute atomic E-state index is 13.8. The number of carbonyl (C=O) groups is 7. The number of hydrogen-bond acceptors (Lipinski definition) is 11. The van der Waals surface area contributed by atoms with E-state index in [1.807, 2.05) is 38.1 Å². The number of nitrogens with two attached hydrogens (primary N) is 1. The number of fused-ring (bicyclic) bond motifs is 2. The van der Waals surface area contributed by atoms with Gasteiger partial charge in [0, 0.05) is 53.5 Å². The summed E-state index contributed by atoms with van der Waals surface area (Å²) in [5, 5.41) is 18.7. The second kappa shape index (κ2) is 22.8. The first-order chi connectivity index (χ1) is 29.4. The number of ether oxygens (including phenoxy) is 1. The molecule has 1 aliphatic carbocycles. The van der Waals surface area contributed by atoms with Crippen LogP contribution in [0.25, 0.3) is 0 Å². The molecule has 1 heterocycles. The number of aliphatic carboxylic acids is 1. The fourth-order valence-corrected chi connectivity index (χ4v) is 7.73. The summed E-state index contributed by atoms with van der Waals surface area (Å²) in [5.41, 5.74) is 9.19. The molecule has 0 bridgehead atoms. The number of thioether (sulfide) groups is 1. The number of hydrogen-bond donors (Lipinski definition) is 6. The number of alkyl halides is 3. The Labute approximate surface area is 361 Å². The summed E-state index contributed by atoms with van der Waals surface area (Å²) in [7, 11) is 1.60. The first kappa shape index (κ1) is 48.7. The van der Waals surface area contributed by atoms with Crippen LogP contribution in [0.15, 0.2) is 66.7 Å². The Kier molecular flexibility index (Phi) is 17.9. The average molecular weight is 885 g/mol. The minimum absolute atomic E-state index is 0.0701. The largest absolute Gasteiger partial charge is 0.497 e. The fraction of sp³-hybridized carbons (Fsp3) is 0.419. The number of anilines is 1. The van der Waals surface area contributed by atoms with Crippen molar-refractivity contribution in [3.63, 3.8) is 0 Å². The van der Waals surface area contributed by atoms with Gasteiger partial charge in [-0.3, -0.25) is 28.8 Å². The maximum atomic E-state index is 13.8. The molecule has 334 valence electrons. The topological polar surface area (TPSA) is 226 Å². The SMILES string of the molecule is COc1ccc(CSC[C@H](N)C(=O)NCC(=O)N[C@@H](CC(C)C)C(=O)N2CCC[C@H]2C(=O)NCCCNc2cccc3c2C(=O)c2ccccc2C3=O)cc1.O=C(O)C(F)(F)F. The lowest BCUT2D eigenvalue weighted by Gasteiger charge is -2.29. The standard InChI is InChI=1S/C41H50N6O7S.C2HF3O2/c1-25(2)21-33(46-35(48)22-45-39(51)31(42)24-55-23-26-14-16-27(54-3)17-15-26)41(53)47-20-7-13-34(47)40(52)44-19-8-18-43-32-12-6-11-30-36(32)38(50)29-10-5-4-9-28(29)37(30)49;3-2(4,5)1(6)7/h4-6,9-12,14-17,25,31,33-34,43H,7-8,13,18-24,42H2,1-3H3,(H,44,52)(H,45,51)(H,46,48);(H,6,7)/t31-,33-,34-;/m0./s1. The van der Waals surface area contributed by atoms with Crippen LogP contribution in [0.1, 0.15) is 76.9 Å². The van der Waals surface area contributed by atoms with Gasteiger partial charge in [0.05, 0.1) is 25.3 Å². The number of benzene rings is 3. The lowest BCUT2D eigenvalue weighted by Crippen LogP contribution is -2.55. The van der Waals surface area contributed by atoms with Crippen LogP contribution in [0.5, 0.6) is 5.75 Å². The van der Waals surface area contributed by atoms with Gasteiger partial charge in [-0.05, 0) is 55.4 Å². The third-order valence-corrected chi connectivity index (χ3v) is 11.0. The molecule has 19 heteroatoms. The van der Waals surface area contributed by atoms with Gasteiger partial charge in [0.25, 0.3) is 0 Å². The van der Waals surface area contributed by atoms with Crippen molar-refractivity contribution < 1.29 is 56.6 Å². The van der Waals surface area contributed by atoms with E-state index in [4.69, 9.17) is 20.4 Å². The smallest absolute Gasteiger partial charge is 0.490 e. The molecule has 3 atom stereocenters. The van der Waals surface area contributed by atoms with Crippen molar-refractivity contribution in [3.8, 4) is 5.75 Å². The van der Waals surface area contributed by atoms with E-state index in [1.165, 1.54) is 16.7 Å². The Morgan fingerprint density at radius 1 is 0.919 bits per heavy atom. The van der Waals surface area contributed by atoms with E-state index in [9.17, 15) is 41.9 Å². The minimum Gasteiger partial charge on any atom is -0.497 e. The van der Waals surface area contributed by atoms with Crippen LogP contribution in [0.4, 0.5) is 18.9 Å². The molecular formula is C43H51F3N6O9S. The summed E-state index contributed by atoms with van der Waals surface area (Å²) in [6.45, 7) is 4.69. The number of nitrogens with zero attached hydrogens (tertiary/aromatic N) is 1. The molecule has 0 radical (unpaired) electrons. The van der Waals surface area contributed by atoms with Crippen molar-refractivity contribution in [2.24, 2.45) is 11.7 Å². The monoisotopic (exact) mass is 884 g/mol. The third-order valence-electron chi connectivity index (χ3n) is 9.83. The van der Waals surface area contributed by atoms with Gasteiger partial charge in [-0.15, -0.1) is 0 Å². The number of carbonyl (C=O) groups excluding carboxylic acids is 6. The molecule has 2 aliphatic rings. The Morgan fingerprint density at radius 2 is 1.56 bits per heavy atom. The van der Waals surface area contributed by atoms with E-state index in [-0.39, 0.29) is 35.8 Å². The number of amides is 4. The number of ketones is 2. The molecular weight excluding hydrogens is 834 g/mol. The summed E-state index contributed by atoms with van der Waals surface area (Å²) >= 11 is 1.50. The zero-order chi connectivity index (χ0) is 45.6. The molecule has 1 fully saturated rings. The number of halogens is 3. The predicted molar refractivity (Wildman–Crippen MR) is 226 cm³/mol. The van der Waals surface area contributed by atoms with Crippen molar-refractivity contribution in [2.45, 2.75) is 69.6 Å². The highest BCUT2D eigenvalue weighted by Crippen LogP contribution is 2.32. The van der Waals surface area contributed by atoms with Crippen molar-refractivity contribution in [1.82, 2.24) is 20.9 Å². The quantitative estimate of drug-likeness (QED) is 0.0783. The lowest BCUT2D eigenvalue weighted by molar-refractivity contribution is -0.192. The molecule has 0 unspecified atom stereocenters. The Bertz CT molecular complexity index is 2100. The number of rotatable bonds is 18. The number of carboxylic acid groups (broad SMARTS) is 1. The lowest BCUT2D eigenvalue weighted by atomic mass is 9.83. The zero-order valence-corrected chi connectivity index (χ0v) is 35.3. The first-order valence-electron chi connectivity index (χ1n) is 19.9. The number of likely N-dealkylation sites (tertiary alicyclic amines) is 1. The highest BCUT2D eigenvalue weighted by molar-refractivity contribution is 7.98. The van der Waals surface area contributed by atoms with E-state index in [0.29, 0.717) is 84.8 Å². The van der Waals surface area contributed by atoms with Crippen LogP contribution >= 0.6 is 11.8 Å². The molecule has 4 amide bonds. The summed E-state index contributed by atoms with van der Waals surface area (Å²) in [6.07, 6.45) is -3.06. The average Bonchev–Trinajstić information content (AvgIpc) is 3.74. The third kappa shape index (κ3) is 13.5. The fourth-order valence-electron chi connectivity index (χ4n) is 6.77. The van der Waals surface area contributed by atoms with Gasteiger partial charge in [-0.1, -0.05) is 62.4 Å². The first-order valence-corrected chi connectivity index (χ1v) is 21.0. The summed E-state index contributed by atoms with van der Waals surface area (Å²) < 4.78 is 36.9. The molecule has 7 N–H and O–H groups in total. The van der Waals surface area contributed by atoms with E-state index in [0.717, 1.165) is 11.3 Å². The van der Waals surface area contributed by atoms with E-state index in [2.05, 4.69) is 21.3 Å². The highest BCUT2D eigenvalue weighted by atomic mass is 32.2. The van der Waals surface area contributed by atoms with Gasteiger partial charge in [0.15, 0.2) is 11.6 Å². The predicted octanol–water partition coefficient (Wildman–Crippen LogP) is 3.92. The van der Waals surface area contributed by atoms with Gasteiger partial charge in [0.2, 0.25) is 23.6 Å². The summed E-state index contributed by atoms with van der Waals surface area (Å²) in [5.74, 6) is -2.90. The molecule has 0 spiro atoms. The molecule has 3 aromatic carbocycles. The van der Waals surface area contributed by atoms with E-state index < -0.39 is 42.1 Å². The highest BCUT2D eigenvalue weighted by Gasteiger charge is 2.39. The molecule has 1 saturated heterocycles. The van der Waals surface area contributed by atoms with Crippen molar-refractivity contribution in [1.29, 1.82) is 0 Å². The molecule has 5 rings (SSSR count). The van der Waals surface area contributed by atoms with Gasteiger partial charge < -0.3 is 41.7 Å². The van der Waals surface area contributed by atoms with Crippen molar-refractivity contribution in [3.05, 3.63) is 94.5 Å². The van der Waals surface area contributed by atoms with Crippen LogP contribution in [0.3, 0.4) is 0 Å². The van der Waals surface area contributed by atoms with Gasteiger partial charge in [0.1, 0.15) is 17.8 Å². The molecule has 15 nitrogen and oxygen atoms in total. The maximum Gasteiger partial charge on any atom is 0.490 e. The molecule has 1 aliphatic heterocycles. The Hall–Kier alpha value is -5.95. The normalized spacial score (nSPS) is 15.3. The van der Waals surface area contributed by atoms with E-state index >= 15 is 0 Å². The van der Waals surface area contributed by atoms with Crippen LogP contribution < -0.4 is 31.7 Å². The summed E-state index contributed by atoms with van der Waals surface area (Å²) in [4.78, 5) is 89.4. The zero-order valence-electron chi connectivity index (χ0n) is 34.5. The number of carboxylic acids is 1. The molecule has 0 saturated carbocycles.